The Bertz CT molecular complexity index is 385. The van der Waals surface area contributed by atoms with Crippen molar-refractivity contribution in [3.8, 4) is 6.07 Å². The van der Waals surface area contributed by atoms with Crippen molar-refractivity contribution in [1.82, 2.24) is 4.31 Å². The van der Waals surface area contributed by atoms with Crippen molar-refractivity contribution >= 4 is 10.0 Å². The van der Waals surface area contributed by atoms with E-state index >= 15 is 0 Å². The van der Waals surface area contributed by atoms with Crippen LogP contribution in [0.4, 0.5) is 13.2 Å². The van der Waals surface area contributed by atoms with Crippen molar-refractivity contribution in [2.75, 3.05) is 18.8 Å². The minimum Gasteiger partial charge on any atom is -0.211 e. The van der Waals surface area contributed by atoms with Crippen LogP contribution >= 0.6 is 0 Å². The molecular weight excluding hydrogens is 245 g/mol. The van der Waals surface area contributed by atoms with Crippen LogP contribution in [0.15, 0.2) is 0 Å². The van der Waals surface area contributed by atoms with Gasteiger partial charge in [0.15, 0.2) is 5.75 Å². The van der Waals surface area contributed by atoms with Gasteiger partial charge < -0.3 is 0 Å². The molecule has 0 N–H and O–H groups in total. The Hall–Kier alpha value is -0.810. The maximum absolute atomic E-state index is 12.4. The summed E-state index contributed by atoms with van der Waals surface area (Å²) in [7, 11) is -3.85. The molecule has 1 fully saturated rings. The van der Waals surface area contributed by atoms with Gasteiger partial charge in [-0.2, -0.15) is 18.4 Å². The van der Waals surface area contributed by atoms with Crippen molar-refractivity contribution in [2.24, 2.45) is 5.92 Å². The smallest absolute Gasteiger partial charge is 0.211 e. The number of nitrogens with zero attached hydrogens (tertiary/aromatic N) is 2. The summed E-state index contributed by atoms with van der Waals surface area (Å²) < 4.78 is 60.8. The van der Waals surface area contributed by atoms with E-state index in [0.29, 0.717) is 0 Å². The number of rotatable bonds is 2. The fraction of sp³-hybridized carbons (Fsp3) is 0.875. The molecule has 1 rings (SSSR count). The van der Waals surface area contributed by atoms with Gasteiger partial charge in [0, 0.05) is 13.1 Å². The molecule has 0 aromatic carbocycles. The van der Waals surface area contributed by atoms with E-state index in [4.69, 9.17) is 5.26 Å². The molecular formula is C8H11F3N2O2S. The van der Waals surface area contributed by atoms with Crippen LogP contribution in [0.25, 0.3) is 0 Å². The lowest BCUT2D eigenvalue weighted by atomic mass is 9.99. The predicted molar refractivity (Wildman–Crippen MR) is 49.8 cm³/mol. The van der Waals surface area contributed by atoms with Gasteiger partial charge in [-0.15, -0.1) is 0 Å². The van der Waals surface area contributed by atoms with E-state index in [0.717, 1.165) is 4.31 Å². The molecule has 0 aromatic heterocycles. The SMILES string of the molecule is N#CCS(=O)(=O)N1CCCC(C(F)(F)F)C1. The highest BCUT2D eigenvalue weighted by molar-refractivity contribution is 7.89. The molecule has 1 saturated heterocycles. The van der Waals surface area contributed by atoms with E-state index < -0.39 is 34.4 Å². The lowest BCUT2D eigenvalue weighted by Gasteiger charge is -2.32. The zero-order valence-electron chi connectivity index (χ0n) is 8.37. The fourth-order valence-corrected chi connectivity index (χ4v) is 2.80. The van der Waals surface area contributed by atoms with Gasteiger partial charge >= 0.3 is 6.18 Å². The number of nitriles is 1. The van der Waals surface area contributed by atoms with E-state index in [9.17, 15) is 21.6 Å². The summed E-state index contributed by atoms with van der Waals surface area (Å²) in [5, 5.41) is 8.28. The number of alkyl halides is 3. The molecule has 0 radical (unpaired) electrons. The zero-order chi connectivity index (χ0) is 12.4. The zero-order valence-corrected chi connectivity index (χ0v) is 9.18. The van der Waals surface area contributed by atoms with Gasteiger partial charge in [-0.3, -0.25) is 0 Å². The Morgan fingerprint density at radius 3 is 2.56 bits per heavy atom. The molecule has 0 saturated carbocycles. The number of hydrogen-bond acceptors (Lipinski definition) is 3. The standard InChI is InChI=1S/C8H11F3N2O2S/c9-8(10,11)7-2-1-4-13(6-7)16(14,15)5-3-12/h7H,1-2,4-6H2. The first-order valence-corrected chi connectivity index (χ1v) is 6.30. The average molecular weight is 256 g/mol. The van der Waals surface area contributed by atoms with Gasteiger partial charge in [-0.05, 0) is 12.8 Å². The van der Waals surface area contributed by atoms with Crippen LogP contribution in [-0.2, 0) is 10.0 Å². The molecule has 8 heteroatoms. The Labute approximate surface area is 91.7 Å². The minimum atomic E-state index is -4.37. The van der Waals surface area contributed by atoms with E-state index in [1.165, 1.54) is 6.07 Å². The van der Waals surface area contributed by atoms with Crippen molar-refractivity contribution in [3.63, 3.8) is 0 Å². The maximum atomic E-state index is 12.4. The van der Waals surface area contributed by atoms with Gasteiger partial charge in [0.2, 0.25) is 10.0 Å². The molecule has 1 aliphatic heterocycles. The first-order valence-electron chi connectivity index (χ1n) is 4.69. The first kappa shape index (κ1) is 13.3. The monoisotopic (exact) mass is 256 g/mol. The third-order valence-corrected chi connectivity index (χ3v) is 4.10. The second-order valence-corrected chi connectivity index (χ2v) is 5.62. The molecule has 1 atom stereocenters. The molecule has 1 unspecified atom stereocenters. The van der Waals surface area contributed by atoms with Crippen LogP contribution in [-0.4, -0.2) is 37.7 Å². The molecule has 0 aromatic rings. The Morgan fingerprint density at radius 1 is 1.44 bits per heavy atom. The lowest BCUT2D eigenvalue weighted by Crippen LogP contribution is -2.45. The van der Waals surface area contributed by atoms with E-state index in [1.807, 2.05) is 0 Å². The van der Waals surface area contributed by atoms with Crippen molar-refractivity contribution < 1.29 is 21.6 Å². The normalized spacial score (nSPS) is 24.0. The van der Waals surface area contributed by atoms with Crippen LogP contribution < -0.4 is 0 Å². The van der Waals surface area contributed by atoms with Crippen molar-refractivity contribution in [1.29, 1.82) is 5.26 Å². The topological polar surface area (TPSA) is 61.2 Å². The highest BCUT2D eigenvalue weighted by Gasteiger charge is 2.43. The van der Waals surface area contributed by atoms with Gasteiger partial charge in [-0.1, -0.05) is 0 Å². The van der Waals surface area contributed by atoms with Crippen LogP contribution in [0, 0.1) is 17.2 Å². The molecule has 1 aliphatic rings. The van der Waals surface area contributed by atoms with Crippen LogP contribution in [0.5, 0.6) is 0 Å². The average Bonchev–Trinajstić information content (AvgIpc) is 2.16. The number of piperidine rings is 1. The largest absolute Gasteiger partial charge is 0.393 e. The summed E-state index contributed by atoms with van der Waals surface area (Å²) in [4.78, 5) is 0. The highest BCUT2D eigenvalue weighted by atomic mass is 32.2. The number of sulfonamides is 1. The second kappa shape index (κ2) is 4.59. The lowest BCUT2D eigenvalue weighted by molar-refractivity contribution is -0.182. The summed E-state index contributed by atoms with van der Waals surface area (Å²) in [6.07, 6.45) is -4.25. The Balaban J connectivity index is 2.76. The summed E-state index contributed by atoms with van der Waals surface area (Å²) in [6.45, 7) is -0.496. The summed E-state index contributed by atoms with van der Waals surface area (Å²) in [5.74, 6) is -2.38. The van der Waals surface area contributed by atoms with Crippen LogP contribution in [0.1, 0.15) is 12.8 Å². The fourth-order valence-electron chi connectivity index (χ4n) is 1.64. The molecule has 0 spiro atoms. The van der Waals surface area contributed by atoms with E-state index in [2.05, 4.69) is 0 Å². The van der Waals surface area contributed by atoms with E-state index in [1.54, 1.807) is 0 Å². The molecule has 0 amide bonds. The molecule has 0 aliphatic carbocycles. The van der Waals surface area contributed by atoms with Gasteiger partial charge in [0.1, 0.15) is 0 Å². The van der Waals surface area contributed by atoms with Crippen LogP contribution in [0.2, 0.25) is 0 Å². The highest BCUT2D eigenvalue weighted by Crippen LogP contribution is 2.33. The summed E-state index contributed by atoms with van der Waals surface area (Å²) in [5.41, 5.74) is 0. The van der Waals surface area contributed by atoms with Crippen molar-refractivity contribution in [3.05, 3.63) is 0 Å². The van der Waals surface area contributed by atoms with Gasteiger partial charge in [0.05, 0.1) is 12.0 Å². The van der Waals surface area contributed by atoms with E-state index in [-0.39, 0.29) is 19.4 Å². The molecule has 0 bridgehead atoms. The number of halogens is 3. The molecule has 92 valence electrons. The quantitative estimate of drug-likeness (QED) is 0.743. The van der Waals surface area contributed by atoms with Crippen molar-refractivity contribution in [2.45, 2.75) is 19.0 Å². The third kappa shape index (κ3) is 3.09. The first-order chi connectivity index (χ1) is 7.27. The molecule has 4 nitrogen and oxygen atoms in total. The second-order valence-electron chi connectivity index (χ2n) is 3.65. The minimum absolute atomic E-state index is 0.0535. The molecule has 16 heavy (non-hydrogen) atoms. The van der Waals surface area contributed by atoms with Gasteiger partial charge in [-0.25, -0.2) is 12.7 Å². The molecule has 1 heterocycles. The predicted octanol–water partition coefficient (Wildman–Crippen LogP) is 1.11. The third-order valence-electron chi connectivity index (χ3n) is 2.49. The summed E-state index contributed by atoms with van der Waals surface area (Å²) in [6, 6.07) is 1.45. The maximum Gasteiger partial charge on any atom is 0.393 e. The number of hydrogen-bond donors (Lipinski definition) is 0. The van der Waals surface area contributed by atoms with Gasteiger partial charge in [0.25, 0.3) is 0 Å². The Morgan fingerprint density at radius 2 is 2.06 bits per heavy atom. The Kier molecular flexibility index (Phi) is 3.80. The van der Waals surface area contributed by atoms with Crippen LogP contribution in [0.3, 0.4) is 0 Å². The summed E-state index contributed by atoms with van der Waals surface area (Å²) >= 11 is 0.